The van der Waals surface area contributed by atoms with E-state index in [0.717, 1.165) is 5.56 Å². The molecule has 84 valence electrons. The van der Waals surface area contributed by atoms with E-state index in [1.165, 1.54) is 0 Å². The summed E-state index contributed by atoms with van der Waals surface area (Å²) in [6.07, 6.45) is -0.756. The van der Waals surface area contributed by atoms with Crippen LogP contribution in [0.5, 0.6) is 0 Å². The van der Waals surface area contributed by atoms with Gasteiger partial charge in [0.1, 0.15) is 11.9 Å². The Kier molecular flexibility index (Phi) is 3.10. The number of amides is 1. The molecule has 2 rings (SSSR count). The number of carbonyl (C=O) groups excluding carboxylic acids is 2. The van der Waals surface area contributed by atoms with Gasteiger partial charge in [-0.3, -0.25) is 9.59 Å². The Bertz CT molecular complexity index is 407. The number of ether oxygens (including phenoxy) is 1. The van der Waals surface area contributed by atoms with Crippen LogP contribution in [0.1, 0.15) is 11.6 Å². The second-order valence-corrected chi connectivity index (χ2v) is 3.71. The highest BCUT2D eigenvalue weighted by atomic mass is 35.5. The van der Waals surface area contributed by atoms with Crippen molar-refractivity contribution in [2.75, 3.05) is 5.88 Å². The molecule has 0 spiro atoms. The summed E-state index contributed by atoms with van der Waals surface area (Å²) >= 11 is 5.31. The van der Waals surface area contributed by atoms with Crippen molar-refractivity contribution in [3.63, 3.8) is 0 Å². The molecule has 0 radical (unpaired) electrons. The molecule has 1 saturated heterocycles. The topological polar surface area (TPSA) is 55.4 Å². The van der Waals surface area contributed by atoms with Crippen LogP contribution in [0.4, 0.5) is 0 Å². The fraction of sp³-hybridized carbons (Fsp3) is 0.273. The molecule has 1 aliphatic rings. The van der Waals surface area contributed by atoms with Crippen molar-refractivity contribution in [1.29, 1.82) is 0 Å². The SMILES string of the molecule is O=C(CCl)OC1C(=O)NC1c1ccccc1. The predicted molar refractivity (Wildman–Crippen MR) is 57.9 cm³/mol. The van der Waals surface area contributed by atoms with E-state index in [4.69, 9.17) is 16.3 Å². The third-order valence-electron chi connectivity index (χ3n) is 2.39. The quantitative estimate of drug-likeness (QED) is 0.487. The zero-order valence-electron chi connectivity index (χ0n) is 8.35. The standard InChI is InChI=1S/C11H10ClNO3/c12-6-8(14)16-10-9(13-11(10)15)7-4-2-1-3-5-7/h1-5,9-10H,6H2,(H,13,15). The molecule has 1 aromatic rings. The average Bonchev–Trinajstić information content (AvgIpc) is 2.33. The number of hydrogen-bond donors (Lipinski definition) is 1. The lowest BCUT2D eigenvalue weighted by atomic mass is 9.94. The number of halogens is 1. The fourth-order valence-corrected chi connectivity index (χ4v) is 1.64. The predicted octanol–water partition coefficient (Wildman–Crippen LogP) is 1.01. The number of β-lactam (4-membered cyclic amide) rings is 1. The van der Waals surface area contributed by atoms with E-state index in [2.05, 4.69) is 5.32 Å². The Morgan fingerprint density at radius 2 is 2.06 bits per heavy atom. The molecule has 1 amide bonds. The van der Waals surface area contributed by atoms with Crippen LogP contribution in [-0.2, 0) is 14.3 Å². The molecule has 0 saturated carbocycles. The van der Waals surface area contributed by atoms with Crippen LogP contribution in [0.15, 0.2) is 30.3 Å². The summed E-state index contributed by atoms with van der Waals surface area (Å²) in [7, 11) is 0. The molecule has 1 aromatic carbocycles. The third-order valence-corrected chi connectivity index (χ3v) is 2.60. The second kappa shape index (κ2) is 4.53. The van der Waals surface area contributed by atoms with Gasteiger partial charge in [-0.05, 0) is 5.56 Å². The van der Waals surface area contributed by atoms with Gasteiger partial charge in [0, 0.05) is 0 Å². The summed E-state index contributed by atoms with van der Waals surface area (Å²) in [5.74, 6) is -1.11. The normalized spacial score (nSPS) is 23.2. The van der Waals surface area contributed by atoms with E-state index >= 15 is 0 Å². The number of nitrogens with one attached hydrogen (secondary N) is 1. The molecule has 5 heteroatoms. The van der Waals surface area contributed by atoms with E-state index in [9.17, 15) is 9.59 Å². The lowest BCUT2D eigenvalue weighted by molar-refractivity contribution is -0.164. The molecule has 0 aliphatic carbocycles. The van der Waals surface area contributed by atoms with Crippen molar-refractivity contribution < 1.29 is 14.3 Å². The highest BCUT2D eigenvalue weighted by molar-refractivity contribution is 6.26. The fourth-order valence-electron chi connectivity index (χ4n) is 1.58. The smallest absolute Gasteiger partial charge is 0.321 e. The van der Waals surface area contributed by atoms with Gasteiger partial charge < -0.3 is 10.1 Å². The van der Waals surface area contributed by atoms with Crippen molar-refractivity contribution >= 4 is 23.5 Å². The monoisotopic (exact) mass is 239 g/mol. The van der Waals surface area contributed by atoms with Gasteiger partial charge in [-0.15, -0.1) is 11.6 Å². The van der Waals surface area contributed by atoms with E-state index in [-0.39, 0.29) is 17.8 Å². The Labute approximate surface area is 97.5 Å². The summed E-state index contributed by atoms with van der Waals surface area (Å²) in [6.45, 7) is 0. The zero-order chi connectivity index (χ0) is 11.5. The van der Waals surface area contributed by atoms with Gasteiger partial charge in [0.05, 0.1) is 0 Å². The van der Waals surface area contributed by atoms with Gasteiger partial charge in [-0.1, -0.05) is 30.3 Å². The lowest BCUT2D eigenvalue weighted by Gasteiger charge is -2.35. The van der Waals surface area contributed by atoms with Gasteiger partial charge in [0.15, 0.2) is 0 Å². The molecular weight excluding hydrogens is 230 g/mol. The first-order valence-corrected chi connectivity index (χ1v) is 5.36. The van der Waals surface area contributed by atoms with Crippen LogP contribution in [0.2, 0.25) is 0 Å². The Morgan fingerprint density at radius 1 is 1.38 bits per heavy atom. The molecule has 1 aliphatic heterocycles. The van der Waals surface area contributed by atoms with E-state index in [0.29, 0.717) is 0 Å². The van der Waals surface area contributed by atoms with Crippen LogP contribution < -0.4 is 5.32 Å². The first-order chi connectivity index (χ1) is 7.72. The molecule has 1 fully saturated rings. The average molecular weight is 240 g/mol. The van der Waals surface area contributed by atoms with E-state index in [1.807, 2.05) is 30.3 Å². The van der Waals surface area contributed by atoms with Crippen LogP contribution in [0, 0.1) is 0 Å². The Morgan fingerprint density at radius 3 is 2.62 bits per heavy atom. The van der Waals surface area contributed by atoms with Crippen molar-refractivity contribution in [2.45, 2.75) is 12.1 Å². The number of hydrogen-bond acceptors (Lipinski definition) is 3. The van der Waals surface area contributed by atoms with Crippen LogP contribution in [0.25, 0.3) is 0 Å². The maximum atomic E-state index is 11.2. The molecular formula is C11H10ClNO3. The highest BCUT2D eigenvalue weighted by Crippen LogP contribution is 2.26. The summed E-state index contributed by atoms with van der Waals surface area (Å²) in [4.78, 5) is 22.2. The molecule has 2 unspecified atom stereocenters. The summed E-state index contributed by atoms with van der Waals surface area (Å²) in [5, 5.41) is 2.68. The maximum Gasteiger partial charge on any atom is 0.321 e. The molecule has 1 heterocycles. The first-order valence-electron chi connectivity index (χ1n) is 4.83. The summed E-state index contributed by atoms with van der Waals surface area (Å²) in [6, 6.07) is 9.07. The van der Waals surface area contributed by atoms with Gasteiger partial charge >= 0.3 is 5.97 Å². The van der Waals surface area contributed by atoms with E-state index in [1.54, 1.807) is 0 Å². The number of alkyl halides is 1. The van der Waals surface area contributed by atoms with Gasteiger partial charge in [0.2, 0.25) is 6.10 Å². The lowest BCUT2D eigenvalue weighted by Crippen LogP contribution is -2.57. The van der Waals surface area contributed by atoms with Gasteiger partial charge in [-0.2, -0.15) is 0 Å². The minimum Gasteiger partial charge on any atom is -0.449 e. The third kappa shape index (κ3) is 2.02. The highest BCUT2D eigenvalue weighted by Gasteiger charge is 2.43. The van der Waals surface area contributed by atoms with Crippen molar-refractivity contribution in [3.05, 3.63) is 35.9 Å². The number of benzene rings is 1. The molecule has 0 aromatic heterocycles. The minimum atomic E-state index is -0.756. The minimum absolute atomic E-state index is 0.245. The summed E-state index contributed by atoms with van der Waals surface area (Å²) in [5.41, 5.74) is 0.912. The van der Waals surface area contributed by atoms with Crippen LogP contribution >= 0.6 is 11.6 Å². The van der Waals surface area contributed by atoms with Crippen molar-refractivity contribution in [1.82, 2.24) is 5.32 Å². The van der Waals surface area contributed by atoms with Crippen LogP contribution in [0.3, 0.4) is 0 Å². The van der Waals surface area contributed by atoms with Crippen molar-refractivity contribution in [3.8, 4) is 0 Å². The van der Waals surface area contributed by atoms with Gasteiger partial charge in [-0.25, -0.2) is 0 Å². The van der Waals surface area contributed by atoms with Gasteiger partial charge in [0.25, 0.3) is 5.91 Å². The number of rotatable bonds is 3. The second-order valence-electron chi connectivity index (χ2n) is 3.44. The number of carbonyl (C=O) groups is 2. The Balaban J connectivity index is 2.07. The zero-order valence-corrected chi connectivity index (χ0v) is 9.11. The molecule has 16 heavy (non-hydrogen) atoms. The maximum absolute atomic E-state index is 11.2. The summed E-state index contributed by atoms with van der Waals surface area (Å²) < 4.78 is 4.93. The molecule has 4 nitrogen and oxygen atoms in total. The Hall–Kier alpha value is -1.55. The largest absolute Gasteiger partial charge is 0.449 e. The van der Waals surface area contributed by atoms with E-state index < -0.39 is 12.1 Å². The number of esters is 1. The van der Waals surface area contributed by atoms with Crippen LogP contribution in [-0.4, -0.2) is 23.9 Å². The van der Waals surface area contributed by atoms with Crippen molar-refractivity contribution in [2.24, 2.45) is 0 Å². The molecule has 2 atom stereocenters. The first kappa shape index (κ1) is 11.0. The molecule has 1 N–H and O–H groups in total. The molecule has 0 bridgehead atoms.